The molecule has 0 aliphatic rings. The Kier molecular flexibility index (Phi) is 9.28. The van der Waals surface area contributed by atoms with Gasteiger partial charge in [0.05, 0.1) is 7.82 Å². The molecule has 2 aromatic rings. The van der Waals surface area contributed by atoms with Gasteiger partial charge in [0.1, 0.15) is 11.5 Å². The van der Waals surface area contributed by atoms with Gasteiger partial charge < -0.3 is 23.4 Å². The molecule has 0 fully saturated rings. The van der Waals surface area contributed by atoms with E-state index in [0.717, 1.165) is 11.1 Å². The molecule has 0 unspecified atom stereocenters. The minimum absolute atomic E-state index is 0. The minimum Gasteiger partial charge on any atom is -0.789 e. The van der Waals surface area contributed by atoms with Crippen molar-refractivity contribution >= 4 is 53.4 Å². The summed E-state index contributed by atoms with van der Waals surface area (Å²) < 4.78 is 38.6. The van der Waals surface area contributed by atoms with E-state index in [4.69, 9.17) is 9.05 Å². The molecule has 0 N–H and O–H groups in total. The van der Waals surface area contributed by atoms with E-state index in [1.54, 1.807) is 24.3 Å². The molecular formula is C20H26CaO7P2. The van der Waals surface area contributed by atoms with Crippen LogP contribution in [-0.4, -0.2) is 37.7 Å². The maximum atomic E-state index is 12.9. The third kappa shape index (κ3) is 8.64. The van der Waals surface area contributed by atoms with Crippen LogP contribution in [0.1, 0.15) is 52.7 Å². The van der Waals surface area contributed by atoms with Gasteiger partial charge in [0.25, 0.3) is 0 Å². The Labute approximate surface area is 208 Å². The first-order valence-electron chi connectivity index (χ1n) is 9.01. The first kappa shape index (κ1) is 27.7. The zero-order valence-corrected chi connectivity index (χ0v) is 22.1. The molecular weight excluding hydrogens is 454 g/mol. The second kappa shape index (κ2) is 10.1. The van der Waals surface area contributed by atoms with Gasteiger partial charge in [-0.05, 0) is 46.2 Å². The van der Waals surface area contributed by atoms with Crippen LogP contribution in [-0.2, 0) is 24.3 Å². The Morgan fingerprint density at radius 3 is 1.20 bits per heavy atom. The molecule has 0 aliphatic carbocycles. The van der Waals surface area contributed by atoms with Crippen molar-refractivity contribution in [2.75, 3.05) is 0 Å². The van der Waals surface area contributed by atoms with Gasteiger partial charge in [-0.2, -0.15) is 0 Å². The van der Waals surface area contributed by atoms with Gasteiger partial charge in [-0.25, -0.2) is 8.88 Å². The predicted octanol–water partition coefficient (Wildman–Crippen LogP) is 4.31. The number of rotatable bonds is 6. The minimum atomic E-state index is -5.65. The molecule has 2 aromatic carbocycles. The zero-order valence-electron chi connectivity index (χ0n) is 18.1. The third-order valence-corrected chi connectivity index (χ3v) is 6.54. The van der Waals surface area contributed by atoms with Crippen molar-refractivity contribution in [1.29, 1.82) is 0 Å². The van der Waals surface area contributed by atoms with Crippen LogP contribution in [0.25, 0.3) is 0 Å². The van der Waals surface area contributed by atoms with Crippen molar-refractivity contribution < 1.29 is 32.3 Å². The molecule has 0 aromatic heterocycles. The summed E-state index contributed by atoms with van der Waals surface area (Å²) in [4.78, 5) is 22.2. The average Bonchev–Trinajstić information content (AvgIpc) is 2.52. The Morgan fingerprint density at radius 1 is 0.667 bits per heavy atom. The maximum Gasteiger partial charge on any atom is 2.00 e. The molecule has 0 saturated carbocycles. The zero-order chi connectivity index (χ0) is 22.1. The molecule has 0 aliphatic heterocycles. The van der Waals surface area contributed by atoms with E-state index in [-0.39, 0.29) is 60.1 Å². The summed E-state index contributed by atoms with van der Waals surface area (Å²) in [7, 11) is -10.4. The van der Waals surface area contributed by atoms with Crippen molar-refractivity contribution in [2.24, 2.45) is 0 Å². The third-order valence-electron chi connectivity index (χ3n) is 4.08. The number of phosphoric ester groups is 1. The second-order valence-electron chi connectivity index (χ2n) is 8.71. The number of hydrogen-bond donors (Lipinski definition) is 0. The first-order valence-corrected chi connectivity index (χ1v) is 11.9. The summed E-state index contributed by atoms with van der Waals surface area (Å²) in [6.07, 6.45) is 0. The van der Waals surface area contributed by atoms with E-state index in [1.807, 2.05) is 41.5 Å². The van der Waals surface area contributed by atoms with E-state index in [0.29, 0.717) is 0 Å². The van der Waals surface area contributed by atoms with Crippen LogP contribution in [0, 0.1) is 0 Å². The SMILES string of the molecule is CC(C)(C)c1ccc(OP(=O)(Oc2ccc(C(C)(C)C)cc2)OP(=O)([O-])[O-])cc1.[Ca+2]. The van der Waals surface area contributed by atoms with Gasteiger partial charge in [0.2, 0.25) is 0 Å². The standard InChI is InChI=1S/C20H28O7P2.Ca/c1-19(2,3)15-7-11-17(12-8-15)25-29(24,27-28(21,22)23)26-18-13-9-16(10-14-18)20(4,5)6;/h7-14H,1-6H3,(H2,21,22,23);/q;+2/p-2. The maximum absolute atomic E-state index is 12.9. The van der Waals surface area contributed by atoms with Gasteiger partial charge in [-0.1, -0.05) is 65.8 Å². The van der Waals surface area contributed by atoms with Crippen molar-refractivity contribution in [3.63, 3.8) is 0 Å². The molecule has 7 nitrogen and oxygen atoms in total. The van der Waals surface area contributed by atoms with Gasteiger partial charge in [0, 0.05) is 0 Å². The fourth-order valence-corrected chi connectivity index (χ4v) is 4.51. The predicted molar refractivity (Wildman–Crippen MR) is 114 cm³/mol. The number of phosphoric acid groups is 2. The second-order valence-corrected chi connectivity index (χ2v) is 11.5. The van der Waals surface area contributed by atoms with Crippen molar-refractivity contribution in [1.82, 2.24) is 0 Å². The van der Waals surface area contributed by atoms with Crippen LogP contribution < -0.4 is 18.8 Å². The van der Waals surface area contributed by atoms with Crippen molar-refractivity contribution in [2.45, 2.75) is 52.4 Å². The smallest absolute Gasteiger partial charge is 0.789 e. The number of hydrogen-bond acceptors (Lipinski definition) is 7. The normalized spacial score (nSPS) is 12.8. The van der Waals surface area contributed by atoms with Gasteiger partial charge in [-0.15, -0.1) is 0 Å². The Bertz CT molecular complexity index is 860. The fraction of sp³-hybridized carbons (Fsp3) is 0.400. The summed E-state index contributed by atoms with van der Waals surface area (Å²) in [5.74, 6) is 0.0854. The summed E-state index contributed by atoms with van der Waals surface area (Å²) in [6.45, 7) is 12.1. The summed E-state index contributed by atoms with van der Waals surface area (Å²) >= 11 is 0. The van der Waals surface area contributed by atoms with Crippen LogP contribution in [0.5, 0.6) is 11.5 Å². The molecule has 160 valence electrons. The van der Waals surface area contributed by atoms with Crippen LogP contribution in [0.15, 0.2) is 48.5 Å². The quantitative estimate of drug-likeness (QED) is 0.448. The molecule has 2 rings (SSSR count). The van der Waals surface area contributed by atoms with Crippen molar-refractivity contribution in [3.05, 3.63) is 59.7 Å². The molecule has 10 heteroatoms. The molecule has 0 saturated heterocycles. The van der Waals surface area contributed by atoms with E-state index in [9.17, 15) is 18.9 Å². The van der Waals surface area contributed by atoms with Gasteiger partial charge in [-0.3, -0.25) is 0 Å². The monoisotopic (exact) mass is 480 g/mol. The fourth-order valence-electron chi connectivity index (χ4n) is 2.46. The van der Waals surface area contributed by atoms with Crippen molar-refractivity contribution in [3.8, 4) is 11.5 Å². The van der Waals surface area contributed by atoms with Crippen LogP contribution in [0.2, 0.25) is 0 Å². The summed E-state index contributed by atoms with van der Waals surface area (Å²) in [5.41, 5.74) is 1.73. The largest absolute Gasteiger partial charge is 2.00 e. The Hall–Kier alpha value is -0.360. The first-order chi connectivity index (χ1) is 13.1. The molecule has 0 spiro atoms. The van der Waals surface area contributed by atoms with E-state index in [2.05, 4.69) is 4.31 Å². The van der Waals surface area contributed by atoms with E-state index < -0.39 is 15.6 Å². The summed E-state index contributed by atoms with van der Waals surface area (Å²) in [5, 5.41) is 0. The topological polar surface area (TPSA) is 108 Å². The van der Waals surface area contributed by atoms with Crippen LogP contribution >= 0.6 is 15.6 Å². The molecule has 0 bridgehead atoms. The van der Waals surface area contributed by atoms with E-state index in [1.165, 1.54) is 24.3 Å². The molecule has 0 atom stereocenters. The molecule has 0 radical (unpaired) electrons. The summed E-state index contributed by atoms with van der Waals surface area (Å²) in [6, 6.07) is 13.0. The Morgan fingerprint density at radius 2 is 0.967 bits per heavy atom. The molecule has 30 heavy (non-hydrogen) atoms. The van der Waals surface area contributed by atoms with Crippen LogP contribution in [0.3, 0.4) is 0 Å². The molecule has 0 heterocycles. The molecule has 0 amide bonds. The average molecular weight is 480 g/mol. The number of benzene rings is 2. The van der Waals surface area contributed by atoms with E-state index >= 15 is 0 Å². The van der Waals surface area contributed by atoms with Crippen LogP contribution in [0.4, 0.5) is 0 Å². The van der Waals surface area contributed by atoms with Gasteiger partial charge in [0.15, 0.2) is 0 Å². The Balaban J connectivity index is 0.00000450. The van der Waals surface area contributed by atoms with Gasteiger partial charge >= 0.3 is 45.6 Å².